The maximum Gasteiger partial charge on any atom is 0.363 e. The summed E-state index contributed by atoms with van der Waals surface area (Å²) in [5, 5.41) is 0. The van der Waals surface area contributed by atoms with E-state index in [0.29, 0.717) is 18.4 Å². The fourth-order valence-electron chi connectivity index (χ4n) is 3.82. The minimum Gasteiger partial charge on any atom is -1.00 e. The Morgan fingerprint density at radius 3 is 2.92 bits per heavy atom. The smallest absolute Gasteiger partial charge is 0.363 e. The predicted molar refractivity (Wildman–Crippen MR) is 86.1 cm³/mol. The summed E-state index contributed by atoms with van der Waals surface area (Å²) in [7, 11) is 0. The summed E-state index contributed by atoms with van der Waals surface area (Å²) >= 11 is 0. The average molecular weight is 351 g/mol. The predicted octanol–water partition coefficient (Wildman–Crippen LogP) is -3.19. The maximum atomic E-state index is 12.1. The Kier molecular flexibility index (Phi) is 5.42. The van der Waals surface area contributed by atoms with Gasteiger partial charge in [-0.05, 0) is 26.3 Å². The van der Waals surface area contributed by atoms with Gasteiger partial charge in [-0.2, -0.15) is 0 Å². The van der Waals surface area contributed by atoms with Crippen molar-refractivity contribution in [1.82, 2.24) is 4.57 Å². The van der Waals surface area contributed by atoms with Crippen LogP contribution in [0, 0.1) is 18.3 Å². The summed E-state index contributed by atoms with van der Waals surface area (Å²) in [5.74, 6) is 2.99. The molecule has 1 fully saturated rings. The summed E-state index contributed by atoms with van der Waals surface area (Å²) < 4.78 is 7.25. The van der Waals surface area contributed by atoms with Crippen molar-refractivity contribution in [3.63, 3.8) is 0 Å². The largest absolute Gasteiger partial charge is 1.00 e. The fourth-order valence-corrected chi connectivity index (χ4v) is 3.82. The number of halogens is 1. The summed E-state index contributed by atoms with van der Waals surface area (Å²) in [6.07, 6.45) is 6.46. The van der Waals surface area contributed by atoms with Crippen LogP contribution < -0.4 is 22.9 Å². The summed E-state index contributed by atoms with van der Waals surface area (Å²) in [4.78, 5) is 25.3. The van der Waals surface area contributed by atoms with E-state index in [0.717, 1.165) is 31.7 Å². The highest BCUT2D eigenvalue weighted by Crippen LogP contribution is 2.29. The molecule has 5 nitrogen and oxygen atoms in total. The van der Waals surface area contributed by atoms with E-state index in [1.165, 1.54) is 4.90 Å². The SMILES string of the molecule is C#CC(C)(C)OC(=O)C[NH+]1CC2C[C@@H](Cn3c2cccc3=O)C1.[Cl-]. The van der Waals surface area contributed by atoms with Crippen molar-refractivity contribution in [1.29, 1.82) is 0 Å². The molecule has 0 aromatic carbocycles. The number of nitrogens with zero attached hydrogens (tertiary/aromatic N) is 1. The molecule has 1 N–H and O–H groups in total. The number of carbonyl (C=O) groups is 1. The number of carbonyl (C=O) groups excluding carboxylic acids is 1. The zero-order valence-electron chi connectivity index (χ0n) is 14.0. The number of hydrogen-bond donors (Lipinski definition) is 1. The number of hydrogen-bond acceptors (Lipinski definition) is 3. The van der Waals surface area contributed by atoms with Gasteiger partial charge in [0.05, 0.1) is 13.1 Å². The number of piperidine rings is 1. The molecule has 1 aromatic heterocycles. The highest BCUT2D eigenvalue weighted by molar-refractivity contribution is 5.71. The average Bonchev–Trinajstić information content (AvgIpc) is 2.47. The van der Waals surface area contributed by atoms with Crippen molar-refractivity contribution in [2.75, 3.05) is 19.6 Å². The standard InChI is InChI=1S/C18H22N2O3.ClH/c1-4-18(2,3)23-17(22)12-19-9-13-8-14(11-19)15-6-5-7-16(21)20(15)10-13;/h1,5-7,13-14H,8-12H2,2-3H3;1H/t13-,14?;/m1./s1. The van der Waals surface area contributed by atoms with Gasteiger partial charge in [0, 0.05) is 30.1 Å². The van der Waals surface area contributed by atoms with E-state index < -0.39 is 5.60 Å². The molecule has 2 bridgehead atoms. The molecular formula is C18H23ClN2O3. The lowest BCUT2D eigenvalue weighted by molar-refractivity contribution is -0.903. The van der Waals surface area contributed by atoms with Crippen LogP contribution in [0.2, 0.25) is 0 Å². The number of esters is 1. The molecule has 3 atom stereocenters. The molecule has 0 aliphatic carbocycles. The van der Waals surface area contributed by atoms with Crippen molar-refractivity contribution >= 4 is 5.97 Å². The van der Waals surface area contributed by atoms with Gasteiger partial charge < -0.3 is 26.6 Å². The van der Waals surface area contributed by atoms with Gasteiger partial charge in [-0.25, -0.2) is 4.79 Å². The summed E-state index contributed by atoms with van der Waals surface area (Å²) in [6.45, 7) is 6.26. The molecule has 2 unspecified atom stereocenters. The van der Waals surface area contributed by atoms with Crippen LogP contribution in [-0.2, 0) is 16.1 Å². The Hall–Kier alpha value is -1.77. The van der Waals surface area contributed by atoms with Crippen molar-refractivity contribution < 1.29 is 26.8 Å². The van der Waals surface area contributed by atoms with Crippen LogP contribution in [0.5, 0.6) is 0 Å². The van der Waals surface area contributed by atoms with Gasteiger partial charge in [0.15, 0.2) is 12.1 Å². The number of terminal acetylenes is 1. The Morgan fingerprint density at radius 1 is 1.46 bits per heavy atom. The topological polar surface area (TPSA) is 52.7 Å². The van der Waals surface area contributed by atoms with E-state index in [2.05, 4.69) is 5.92 Å². The van der Waals surface area contributed by atoms with E-state index in [-0.39, 0.29) is 23.9 Å². The first-order valence-corrected chi connectivity index (χ1v) is 8.11. The number of quaternary nitrogens is 1. The lowest BCUT2D eigenvalue weighted by atomic mass is 9.83. The third kappa shape index (κ3) is 3.82. The Bertz CT molecular complexity index is 720. The van der Waals surface area contributed by atoms with E-state index >= 15 is 0 Å². The second kappa shape index (κ2) is 7.00. The first kappa shape index (κ1) is 18.6. The number of rotatable bonds is 3. The molecule has 24 heavy (non-hydrogen) atoms. The van der Waals surface area contributed by atoms with Crippen LogP contribution in [0.25, 0.3) is 0 Å². The second-order valence-electron chi connectivity index (χ2n) is 7.16. The van der Waals surface area contributed by atoms with Gasteiger partial charge in [0.2, 0.25) is 0 Å². The van der Waals surface area contributed by atoms with Crippen LogP contribution in [-0.4, -0.2) is 35.8 Å². The molecule has 6 heteroatoms. The molecule has 2 aliphatic heterocycles. The first-order chi connectivity index (χ1) is 10.9. The molecule has 2 aliphatic rings. The monoisotopic (exact) mass is 350 g/mol. The highest BCUT2D eigenvalue weighted by Gasteiger charge is 2.38. The molecule has 1 aromatic rings. The molecular weight excluding hydrogens is 328 g/mol. The highest BCUT2D eigenvalue weighted by atomic mass is 35.5. The van der Waals surface area contributed by atoms with E-state index in [1.807, 2.05) is 16.7 Å². The minimum atomic E-state index is -0.859. The van der Waals surface area contributed by atoms with Crippen LogP contribution in [0.3, 0.4) is 0 Å². The van der Waals surface area contributed by atoms with Crippen LogP contribution in [0.15, 0.2) is 23.0 Å². The van der Waals surface area contributed by atoms with Gasteiger partial charge >= 0.3 is 5.97 Å². The number of fused-ring (bicyclic) bond motifs is 4. The van der Waals surface area contributed by atoms with Gasteiger partial charge in [-0.15, -0.1) is 6.42 Å². The van der Waals surface area contributed by atoms with Crippen molar-refractivity contribution in [3.05, 3.63) is 34.2 Å². The quantitative estimate of drug-likeness (QED) is 0.462. The summed E-state index contributed by atoms with van der Waals surface area (Å²) in [5.41, 5.74) is 0.321. The number of likely N-dealkylation sites (tertiary alicyclic amines) is 1. The molecule has 1 saturated heterocycles. The van der Waals surface area contributed by atoms with Gasteiger partial charge in [-0.3, -0.25) is 4.79 Å². The second-order valence-corrected chi connectivity index (χ2v) is 7.16. The number of ether oxygens (including phenoxy) is 1. The van der Waals surface area contributed by atoms with E-state index in [4.69, 9.17) is 11.2 Å². The molecule has 3 heterocycles. The normalized spacial score (nSPS) is 25.0. The molecule has 130 valence electrons. The number of aromatic nitrogens is 1. The minimum absolute atomic E-state index is 0. The first-order valence-electron chi connectivity index (χ1n) is 8.11. The molecule has 0 radical (unpaired) electrons. The third-order valence-electron chi connectivity index (χ3n) is 4.78. The molecule has 3 rings (SSSR count). The Balaban J connectivity index is 0.00000208. The zero-order valence-corrected chi connectivity index (χ0v) is 14.8. The van der Waals surface area contributed by atoms with Crippen molar-refractivity contribution in [2.24, 2.45) is 5.92 Å². The maximum absolute atomic E-state index is 12.1. The fraction of sp³-hybridized carbons (Fsp3) is 0.556. The lowest BCUT2D eigenvalue weighted by Crippen LogP contribution is -3.15. The third-order valence-corrected chi connectivity index (χ3v) is 4.78. The van der Waals surface area contributed by atoms with Crippen LogP contribution in [0.4, 0.5) is 0 Å². The van der Waals surface area contributed by atoms with Crippen molar-refractivity contribution in [2.45, 2.75) is 38.3 Å². The number of pyridine rings is 1. The molecule has 0 amide bonds. The molecule has 0 saturated carbocycles. The zero-order chi connectivity index (χ0) is 16.6. The Morgan fingerprint density at radius 2 is 2.21 bits per heavy atom. The van der Waals surface area contributed by atoms with Crippen LogP contribution >= 0.6 is 0 Å². The van der Waals surface area contributed by atoms with E-state index in [1.54, 1.807) is 19.9 Å². The Labute approximate surface area is 148 Å². The molecule has 0 spiro atoms. The van der Waals surface area contributed by atoms with Gasteiger partial charge in [0.25, 0.3) is 5.56 Å². The number of nitrogens with one attached hydrogen (secondary N) is 1. The van der Waals surface area contributed by atoms with Crippen LogP contribution in [0.1, 0.15) is 31.9 Å². The van der Waals surface area contributed by atoms with E-state index in [9.17, 15) is 9.59 Å². The summed E-state index contributed by atoms with van der Waals surface area (Å²) in [6, 6.07) is 5.48. The van der Waals surface area contributed by atoms with Gasteiger partial charge in [-0.1, -0.05) is 12.0 Å². The van der Waals surface area contributed by atoms with Gasteiger partial charge in [0.1, 0.15) is 0 Å². The lowest BCUT2D eigenvalue weighted by Gasteiger charge is -2.40. The van der Waals surface area contributed by atoms with Crippen molar-refractivity contribution in [3.8, 4) is 12.3 Å².